The summed E-state index contributed by atoms with van der Waals surface area (Å²) in [6.45, 7) is 5.44. The topological polar surface area (TPSA) is 105 Å². The predicted molar refractivity (Wildman–Crippen MR) is 113 cm³/mol. The number of amides is 2. The first-order valence-electron chi connectivity index (χ1n) is 8.91. The summed E-state index contributed by atoms with van der Waals surface area (Å²) >= 11 is 6.02. The summed E-state index contributed by atoms with van der Waals surface area (Å²) in [5, 5.41) is 16.5. The Labute approximate surface area is 174 Å². The molecule has 9 heteroatoms. The molecule has 2 aromatic rings. The molecule has 0 aromatic heterocycles. The first kappa shape index (κ1) is 22.3. The minimum Gasteiger partial charge on any atom is -0.324 e. The molecule has 0 fully saturated rings. The number of halogens is 1. The number of para-hydroxylation sites is 1. The number of non-ortho nitro benzene ring substituents is 1. The van der Waals surface area contributed by atoms with Gasteiger partial charge >= 0.3 is 0 Å². The number of rotatable bonds is 7. The fourth-order valence-electron chi connectivity index (χ4n) is 2.71. The average Bonchev–Trinajstić information content (AvgIpc) is 2.65. The molecule has 0 aliphatic heterocycles. The zero-order valence-electron chi connectivity index (χ0n) is 16.7. The quantitative estimate of drug-likeness (QED) is 0.526. The number of anilines is 2. The van der Waals surface area contributed by atoms with Gasteiger partial charge in [0.2, 0.25) is 11.8 Å². The summed E-state index contributed by atoms with van der Waals surface area (Å²) in [6.07, 6.45) is 0. The van der Waals surface area contributed by atoms with Crippen LogP contribution in [0.15, 0.2) is 36.4 Å². The van der Waals surface area contributed by atoms with Gasteiger partial charge in [0.25, 0.3) is 5.69 Å². The second-order valence-electron chi connectivity index (χ2n) is 6.82. The predicted octanol–water partition coefficient (Wildman–Crippen LogP) is 3.76. The first-order chi connectivity index (χ1) is 13.6. The van der Waals surface area contributed by atoms with Gasteiger partial charge in [0.15, 0.2) is 0 Å². The highest BCUT2D eigenvalue weighted by molar-refractivity contribution is 6.33. The Balaban J connectivity index is 2.01. The number of carbonyl (C=O) groups is 2. The van der Waals surface area contributed by atoms with Crippen LogP contribution in [0.3, 0.4) is 0 Å². The number of hydrogen-bond donors (Lipinski definition) is 2. The van der Waals surface area contributed by atoms with Crippen LogP contribution < -0.4 is 10.6 Å². The molecule has 2 N–H and O–H groups in total. The molecule has 8 nitrogen and oxygen atoms in total. The third-order valence-electron chi connectivity index (χ3n) is 4.60. The lowest BCUT2D eigenvalue weighted by atomic mass is 10.1. The van der Waals surface area contributed by atoms with E-state index >= 15 is 0 Å². The lowest BCUT2D eigenvalue weighted by Gasteiger charge is -2.24. The number of nitrogens with one attached hydrogen (secondary N) is 2. The number of nitrogens with zero attached hydrogens (tertiary/aromatic N) is 2. The molecule has 0 bridgehead atoms. The van der Waals surface area contributed by atoms with Crippen LogP contribution in [0.25, 0.3) is 0 Å². The number of benzene rings is 2. The zero-order valence-corrected chi connectivity index (χ0v) is 17.4. The Bertz CT molecular complexity index is 928. The minimum absolute atomic E-state index is 0.00890. The molecule has 0 unspecified atom stereocenters. The number of aryl methyl sites for hydroxylation is 2. The highest BCUT2D eigenvalue weighted by Gasteiger charge is 2.22. The van der Waals surface area contributed by atoms with Crippen molar-refractivity contribution in [1.82, 2.24) is 4.90 Å². The summed E-state index contributed by atoms with van der Waals surface area (Å²) in [6, 6.07) is 8.86. The van der Waals surface area contributed by atoms with E-state index in [1.807, 2.05) is 32.0 Å². The molecule has 154 valence electrons. The fourth-order valence-corrected chi connectivity index (χ4v) is 2.88. The third kappa shape index (κ3) is 5.75. The highest BCUT2D eigenvalue weighted by atomic mass is 35.5. The Morgan fingerprint density at radius 2 is 1.79 bits per heavy atom. The second kappa shape index (κ2) is 9.49. The Morgan fingerprint density at radius 1 is 1.17 bits per heavy atom. The summed E-state index contributed by atoms with van der Waals surface area (Å²) < 4.78 is 0. The molecule has 0 saturated carbocycles. The van der Waals surface area contributed by atoms with Crippen molar-refractivity contribution in [2.45, 2.75) is 26.8 Å². The van der Waals surface area contributed by atoms with Crippen LogP contribution >= 0.6 is 11.6 Å². The van der Waals surface area contributed by atoms with Gasteiger partial charge in [0.05, 0.1) is 28.2 Å². The fraction of sp³-hybridized carbons (Fsp3) is 0.300. The first-order valence-corrected chi connectivity index (χ1v) is 9.29. The minimum atomic E-state index is -0.672. The van der Waals surface area contributed by atoms with E-state index in [0.717, 1.165) is 16.8 Å². The van der Waals surface area contributed by atoms with Gasteiger partial charge in [0, 0.05) is 17.8 Å². The summed E-state index contributed by atoms with van der Waals surface area (Å²) in [7, 11) is 1.64. The number of nitro benzene ring substituents is 1. The van der Waals surface area contributed by atoms with Gasteiger partial charge in [-0.15, -0.1) is 0 Å². The van der Waals surface area contributed by atoms with E-state index in [4.69, 9.17) is 11.6 Å². The van der Waals surface area contributed by atoms with Gasteiger partial charge in [-0.1, -0.05) is 29.8 Å². The van der Waals surface area contributed by atoms with Crippen molar-refractivity contribution in [1.29, 1.82) is 0 Å². The van der Waals surface area contributed by atoms with Crippen LogP contribution in [0.5, 0.6) is 0 Å². The molecule has 29 heavy (non-hydrogen) atoms. The number of nitro groups is 1. The van der Waals surface area contributed by atoms with E-state index < -0.39 is 16.9 Å². The SMILES string of the molecule is Cc1cccc(C)c1NC(=O)CN(C)[C@H](C)C(=O)Nc1cc([N+](=O)[O-])ccc1Cl. The molecular weight excluding hydrogens is 396 g/mol. The molecule has 2 aromatic carbocycles. The largest absolute Gasteiger partial charge is 0.324 e. The molecule has 0 aliphatic rings. The van der Waals surface area contributed by atoms with Crippen molar-refractivity contribution < 1.29 is 14.5 Å². The van der Waals surface area contributed by atoms with Crippen molar-refractivity contribution in [3.8, 4) is 0 Å². The van der Waals surface area contributed by atoms with Crippen molar-refractivity contribution in [2.75, 3.05) is 24.2 Å². The third-order valence-corrected chi connectivity index (χ3v) is 4.93. The lowest BCUT2D eigenvalue weighted by molar-refractivity contribution is -0.384. The van der Waals surface area contributed by atoms with E-state index in [9.17, 15) is 19.7 Å². The summed E-state index contributed by atoms with van der Waals surface area (Å²) in [5.74, 6) is -0.687. The normalized spacial score (nSPS) is 11.8. The van der Waals surface area contributed by atoms with Crippen LogP contribution in [0.4, 0.5) is 17.1 Å². The van der Waals surface area contributed by atoms with Crippen LogP contribution in [-0.2, 0) is 9.59 Å². The van der Waals surface area contributed by atoms with Crippen molar-refractivity contribution in [3.05, 3.63) is 62.7 Å². The van der Waals surface area contributed by atoms with Crippen molar-refractivity contribution >= 4 is 40.5 Å². The molecular formula is C20H23ClN4O4. The summed E-state index contributed by atoms with van der Waals surface area (Å²) in [4.78, 5) is 36.8. The molecule has 2 amide bonds. The average molecular weight is 419 g/mol. The maximum atomic E-state index is 12.5. The zero-order chi connectivity index (χ0) is 21.7. The Morgan fingerprint density at radius 3 is 2.38 bits per heavy atom. The molecule has 0 aliphatic carbocycles. The van der Waals surface area contributed by atoms with Gasteiger partial charge in [-0.3, -0.25) is 24.6 Å². The lowest BCUT2D eigenvalue weighted by Crippen LogP contribution is -2.43. The van der Waals surface area contributed by atoms with E-state index in [1.165, 1.54) is 18.2 Å². The molecule has 0 radical (unpaired) electrons. The highest BCUT2D eigenvalue weighted by Crippen LogP contribution is 2.27. The van der Waals surface area contributed by atoms with Crippen LogP contribution in [0, 0.1) is 24.0 Å². The van der Waals surface area contributed by atoms with Crippen LogP contribution in [-0.4, -0.2) is 41.3 Å². The van der Waals surface area contributed by atoms with Gasteiger partial charge < -0.3 is 10.6 Å². The maximum Gasteiger partial charge on any atom is 0.271 e. The van der Waals surface area contributed by atoms with Gasteiger partial charge in [-0.05, 0) is 45.0 Å². The van der Waals surface area contributed by atoms with E-state index in [-0.39, 0.29) is 28.8 Å². The number of hydrogen-bond acceptors (Lipinski definition) is 5. The van der Waals surface area contributed by atoms with E-state index in [2.05, 4.69) is 10.6 Å². The van der Waals surface area contributed by atoms with Crippen LogP contribution in [0.2, 0.25) is 5.02 Å². The van der Waals surface area contributed by atoms with Gasteiger partial charge in [-0.25, -0.2) is 0 Å². The smallest absolute Gasteiger partial charge is 0.271 e. The molecule has 2 rings (SSSR count). The number of carbonyl (C=O) groups excluding carboxylic acids is 2. The molecule has 1 atom stereocenters. The Hall–Kier alpha value is -2.97. The molecule has 0 spiro atoms. The van der Waals surface area contributed by atoms with Gasteiger partial charge in [-0.2, -0.15) is 0 Å². The van der Waals surface area contributed by atoms with Crippen molar-refractivity contribution in [3.63, 3.8) is 0 Å². The second-order valence-corrected chi connectivity index (χ2v) is 7.22. The molecule has 0 saturated heterocycles. The van der Waals surface area contributed by atoms with Gasteiger partial charge in [0.1, 0.15) is 0 Å². The summed E-state index contributed by atoms with van der Waals surface area (Å²) in [5.41, 5.74) is 2.62. The maximum absolute atomic E-state index is 12.5. The number of likely N-dealkylation sites (N-methyl/N-ethyl adjacent to an activating group) is 1. The van der Waals surface area contributed by atoms with Crippen LogP contribution in [0.1, 0.15) is 18.1 Å². The molecule has 0 heterocycles. The Kier molecular flexibility index (Phi) is 7.30. The van der Waals surface area contributed by atoms with E-state index in [1.54, 1.807) is 18.9 Å². The standard InChI is InChI=1S/C20H23ClN4O4/c1-12-6-5-7-13(2)19(12)23-18(26)11-24(4)14(3)20(27)22-17-10-15(25(28)29)8-9-16(17)21/h5-10,14H,11H2,1-4H3,(H,22,27)(H,23,26)/t14-/m1/s1. The van der Waals surface area contributed by atoms with E-state index in [0.29, 0.717) is 0 Å². The van der Waals surface area contributed by atoms with Crippen molar-refractivity contribution in [2.24, 2.45) is 0 Å². The monoisotopic (exact) mass is 418 g/mol.